The molecule has 3 unspecified atom stereocenters. The van der Waals surface area contributed by atoms with E-state index in [4.69, 9.17) is 4.84 Å². The highest BCUT2D eigenvalue weighted by Crippen LogP contribution is 2.44. The van der Waals surface area contributed by atoms with Crippen molar-refractivity contribution in [3.63, 3.8) is 0 Å². The zero-order valence-electron chi connectivity index (χ0n) is 20.3. The molecule has 1 aliphatic carbocycles. The van der Waals surface area contributed by atoms with Crippen molar-refractivity contribution in [1.29, 1.82) is 0 Å². The monoisotopic (exact) mass is 512 g/mol. The molecule has 0 spiro atoms. The molecular formula is C30H28N2O4S. The van der Waals surface area contributed by atoms with E-state index in [1.165, 1.54) is 4.90 Å². The van der Waals surface area contributed by atoms with Gasteiger partial charge in [0.2, 0.25) is 5.91 Å². The summed E-state index contributed by atoms with van der Waals surface area (Å²) in [4.78, 5) is 46.8. The number of thioether (sulfide) groups is 1. The van der Waals surface area contributed by atoms with Crippen LogP contribution in [-0.2, 0) is 9.63 Å². The molecule has 0 radical (unpaired) electrons. The van der Waals surface area contributed by atoms with Gasteiger partial charge in [-0.3, -0.25) is 24.1 Å². The van der Waals surface area contributed by atoms with Crippen LogP contribution in [0.1, 0.15) is 33.6 Å². The number of nitrogens with one attached hydrogen (secondary N) is 1. The predicted molar refractivity (Wildman–Crippen MR) is 144 cm³/mol. The molecule has 1 heterocycles. The van der Waals surface area contributed by atoms with Gasteiger partial charge in [-0.2, -0.15) is 0 Å². The van der Waals surface area contributed by atoms with Crippen molar-refractivity contribution in [2.24, 2.45) is 11.8 Å². The maximum absolute atomic E-state index is 13.3. The number of carbonyl (C=O) groups is 3. The lowest BCUT2D eigenvalue weighted by atomic mass is 9.94. The van der Waals surface area contributed by atoms with Gasteiger partial charge in [0, 0.05) is 16.7 Å². The van der Waals surface area contributed by atoms with E-state index >= 15 is 0 Å². The van der Waals surface area contributed by atoms with Gasteiger partial charge >= 0.3 is 0 Å². The number of nitrogens with zero attached hydrogens (tertiary/aromatic N) is 1. The van der Waals surface area contributed by atoms with Crippen molar-refractivity contribution in [2.75, 3.05) is 13.2 Å². The van der Waals surface area contributed by atoms with Gasteiger partial charge in [-0.05, 0) is 54.2 Å². The van der Waals surface area contributed by atoms with E-state index in [2.05, 4.69) is 48.5 Å². The normalized spacial score (nSPS) is 20.6. The number of rotatable bonds is 9. The maximum atomic E-state index is 13.3. The zero-order chi connectivity index (χ0) is 25.8. The van der Waals surface area contributed by atoms with Crippen LogP contribution in [0.15, 0.2) is 96.4 Å². The second-order valence-corrected chi connectivity index (χ2v) is 10.6. The summed E-state index contributed by atoms with van der Waals surface area (Å²) in [6.07, 6.45) is 3.08. The molecule has 3 aromatic carbocycles. The lowest BCUT2D eigenvalue weighted by molar-refractivity contribution is -0.137. The topological polar surface area (TPSA) is 75.7 Å². The van der Waals surface area contributed by atoms with Crippen LogP contribution in [0.4, 0.5) is 0 Å². The standard InChI is InChI=1S/C30H28N2O4S/c1-2-18-36-31-28(33)27-22(19-32-29(34)24-10-6-7-11-25(24)30(32)35)14-17-26(27)37-23-15-12-21(13-16-23)20-8-4-3-5-9-20/h2-13,15-16,22,26-27H,1,14,17-19H2,(H,31,33). The number of fused-ring (bicyclic) bond motifs is 1. The van der Waals surface area contributed by atoms with Crippen LogP contribution in [0.5, 0.6) is 0 Å². The molecule has 2 aliphatic rings. The van der Waals surface area contributed by atoms with Gasteiger partial charge in [-0.25, -0.2) is 5.48 Å². The van der Waals surface area contributed by atoms with E-state index in [1.807, 2.05) is 18.2 Å². The molecule has 3 amide bonds. The molecule has 1 fully saturated rings. The summed E-state index contributed by atoms with van der Waals surface area (Å²) in [5, 5.41) is -0.0184. The molecule has 1 saturated carbocycles. The Bertz CT molecular complexity index is 1270. The SMILES string of the molecule is C=CCONC(=O)C1C(CN2C(=O)c3ccccc3C2=O)CCC1Sc1ccc(-c2ccccc2)cc1. The van der Waals surface area contributed by atoms with Gasteiger partial charge < -0.3 is 0 Å². The molecule has 0 saturated heterocycles. The summed E-state index contributed by atoms with van der Waals surface area (Å²) in [6, 6.07) is 25.4. The molecule has 0 aromatic heterocycles. The number of imide groups is 1. The van der Waals surface area contributed by atoms with Gasteiger partial charge in [0.1, 0.15) is 0 Å². The van der Waals surface area contributed by atoms with Gasteiger partial charge in [0.15, 0.2) is 0 Å². The predicted octanol–water partition coefficient (Wildman–Crippen LogP) is 5.37. The average molecular weight is 513 g/mol. The summed E-state index contributed by atoms with van der Waals surface area (Å²) >= 11 is 1.66. The molecule has 3 aromatic rings. The van der Waals surface area contributed by atoms with Crippen molar-refractivity contribution in [3.05, 3.63) is 103 Å². The van der Waals surface area contributed by atoms with Crippen LogP contribution < -0.4 is 5.48 Å². The number of hydroxylamine groups is 1. The Morgan fingerprint density at radius 3 is 2.19 bits per heavy atom. The van der Waals surface area contributed by atoms with Gasteiger partial charge in [-0.1, -0.05) is 60.7 Å². The van der Waals surface area contributed by atoms with E-state index in [0.717, 1.165) is 28.9 Å². The van der Waals surface area contributed by atoms with Crippen molar-refractivity contribution >= 4 is 29.5 Å². The summed E-state index contributed by atoms with van der Waals surface area (Å²) in [6.45, 7) is 4.01. The van der Waals surface area contributed by atoms with E-state index in [-0.39, 0.29) is 42.0 Å². The smallest absolute Gasteiger partial charge is 0.261 e. The summed E-state index contributed by atoms with van der Waals surface area (Å²) in [5.41, 5.74) is 5.68. The Kier molecular flexibility index (Phi) is 7.53. The zero-order valence-corrected chi connectivity index (χ0v) is 21.2. The molecule has 6 nitrogen and oxygen atoms in total. The van der Waals surface area contributed by atoms with Crippen LogP contribution in [-0.4, -0.2) is 41.0 Å². The van der Waals surface area contributed by atoms with Crippen LogP contribution in [0, 0.1) is 11.8 Å². The Morgan fingerprint density at radius 1 is 0.919 bits per heavy atom. The minimum absolute atomic E-state index is 0.0184. The average Bonchev–Trinajstić information content (AvgIpc) is 3.44. The number of amides is 3. The fourth-order valence-corrected chi connectivity index (χ4v) is 6.56. The van der Waals surface area contributed by atoms with Crippen molar-refractivity contribution < 1.29 is 19.2 Å². The summed E-state index contributed by atoms with van der Waals surface area (Å²) in [5.74, 6) is -1.42. The van der Waals surface area contributed by atoms with E-state index < -0.39 is 5.92 Å². The third-order valence-electron chi connectivity index (χ3n) is 6.95. The second-order valence-electron chi connectivity index (χ2n) is 9.24. The molecule has 1 N–H and O–H groups in total. The van der Waals surface area contributed by atoms with Gasteiger partial charge in [0.25, 0.3) is 11.8 Å². The van der Waals surface area contributed by atoms with Crippen molar-refractivity contribution in [3.8, 4) is 11.1 Å². The Morgan fingerprint density at radius 2 is 1.54 bits per heavy atom. The fourth-order valence-electron chi connectivity index (χ4n) is 5.17. The molecular weight excluding hydrogens is 484 g/mol. The summed E-state index contributed by atoms with van der Waals surface area (Å²) < 4.78 is 0. The largest absolute Gasteiger partial charge is 0.274 e. The second kappa shape index (κ2) is 11.2. The van der Waals surface area contributed by atoms with Crippen molar-refractivity contribution in [1.82, 2.24) is 10.4 Å². The molecule has 188 valence electrons. The quantitative estimate of drug-likeness (QED) is 0.181. The lowest BCUT2D eigenvalue weighted by Crippen LogP contribution is -2.42. The first-order valence-electron chi connectivity index (χ1n) is 12.4. The molecule has 0 bridgehead atoms. The van der Waals surface area contributed by atoms with Crippen LogP contribution >= 0.6 is 11.8 Å². The maximum Gasteiger partial charge on any atom is 0.261 e. The molecule has 1 aliphatic heterocycles. The van der Waals surface area contributed by atoms with Crippen LogP contribution in [0.2, 0.25) is 0 Å². The van der Waals surface area contributed by atoms with Crippen LogP contribution in [0.3, 0.4) is 0 Å². The third kappa shape index (κ3) is 5.24. The number of hydrogen-bond acceptors (Lipinski definition) is 5. The Labute approximate surface area is 220 Å². The van der Waals surface area contributed by atoms with E-state index in [0.29, 0.717) is 11.1 Å². The Hall–Kier alpha value is -3.68. The fraction of sp³-hybridized carbons (Fsp3) is 0.233. The highest BCUT2D eigenvalue weighted by molar-refractivity contribution is 8.00. The first kappa shape index (κ1) is 25.0. The lowest BCUT2D eigenvalue weighted by Gasteiger charge is -2.26. The summed E-state index contributed by atoms with van der Waals surface area (Å²) in [7, 11) is 0. The first-order valence-corrected chi connectivity index (χ1v) is 13.2. The van der Waals surface area contributed by atoms with Gasteiger partial charge in [-0.15, -0.1) is 18.3 Å². The van der Waals surface area contributed by atoms with Crippen LogP contribution in [0.25, 0.3) is 11.1 Å². The van der Waals surface area contributed by atoms with E-state index in [1.54, 1.807) is 42.1 Å². The minimum Gasteiger partial charge on any atom is -0.274 e. The highest BCUT2D eigenvalue weighted by atomic mass is 32.2. The number of benzene rings is 3. The first-order chi connectivity index (χ1) is 18.1. The number of hydrogen-bond donors (Lipinski definition) is 1. The van der Waals surface area contributed by atoms with E-state index in [9.17, 15) is 14.4 Å². The molecule has 7 heteroatoms. The van der Waals surface area contributed by atoms with Gasteiger partial charge in [0.05, 0.1) is 23.7 Å². The van der Waals surface area contributed by atoms with Crippen molar-refractivity contribution in [2.45, 2.75) is 23.0 Å². The third-order valence-corrected chi connectivity index (χ3v) is 8.33. The minimum atomic E-state index is -0.423. The highest BCUT2D eigenvalue weighted by Gasteiger charge is 2.45. The number of carbonyl (C=O) groups excluding carboxylic acids is 3. The Balaban J connectivity index is 1.33. The molecule has 37 heavy (non-hydrogen) atoms. The molecule has 5 rings (SSSR count). The molecule has 3 atom stereocenters.